The minimum atomic E-state index is -0.686. The Balaban J connectivity index is 1.27. The summed E-state index contributed by atoms with van der Waals surface area (Å²) in [6, 6.07) is 9.66. The lowest BCUT2D eigenvalue weighted by Crippen LogP contribution is -2.17. The van der Waals surface area contributed by atoms with Crippen molar-refractivity contribution in [2.75, 3.05) is 0 Å². The molecular formula is C29H30ClN3O2. The number of hydrogen-bond donors (Lipinski definition) is 2. The molecule has 1 aliphatic carbocycles. The van der Waals surface area contributed by atoms with E-state index in [2.05, 4.69) is 39.1 Å². The molecule has 0 spiro atoms. The molecule has 0 radical (unpaired) electrons. The number of halogens is 1. The zero-order valence-electron chi connectivity index (χ0n) is 19.7. The summed E-state index contributed by atoms with van der Waals surface area (Å²) in [5.41, 5.74) is 4.90. The van der Waals surface area contributed by atoms with E-state index < -0.39 is 5.97 Å². The van der Waals surface area contributed by atoms with Gasteiger partial charge in [0.15, 0.2) is 5.82 Å². The highest BCUT2D eigenvalue weighted by molar-refractivity contribution is 6.31. The molecule has 2 N–H and O–H groups in total. The fourth-order valence-electron chi connectivity index (χ4n) is 4.80. The van der Waals surface area contributed by atoms with Gasteiger partial charge >= 0.3 is 5.97 Å². The Labute approximate surface area is 211 Å². The van der Waals surface area contributed by atoms with Crippen molar-refractivity contribution < 1.29 is 9.90 Å². The van der Waals surface area contributed by atoms with Gasteiger partial charge in [-0.05, 0) is 98.3 Å². The van der Waals surface area contributed by atoms with E-state index in [1.807, 2.05) is 36.5 Å². The average molecular weight is 488 g/mol. The number of nitrogens with one attached hydrogen (secondary N) is 1. The van der Waals surface area contributed by atoms with Gasteiger partial charge in [-0.2, -0.15) is 0 Å². The van der Waals surface area contributed by atoms with E-state index in [-0.39, 0.29) is 0 Å². The van der Waals surface area contributed by atoms with Crippen molar-refractivity contribution in [2.24, 2.45) is 11.8 Å². The fourth-order valence-corrected chi connectivity index (χ4v) is 4.97. The minimum Gasteiger partial charge on any atom is -0.481 e. The number of pyridine rings is 1. The van der Waals surface area contributed by atoms with Crippen LogP contribution in [-0.4, -0.2) is 26.0 Å². The van der Waals surface area contributed by atoms with Crippen LogP contribution in [0.2, 0.25) is 5.02 Å². The summed E-state index contributed by atoms with van der Waals surface area (Å²) in [6.45, 7) is 0. The number of carboxylic acid groups (broad SMARTS) is 1. The number of benzene rings is 1. The van der Waals surface area contributed by atoms with Gasteiger partial charge in [0.1, 0.15) is 5.69 Å². The summed E-state index contributed by atoms with van der Waals surface area (Å²) in [6.07, 6.45) is 20.8. The third kappa shape index (κ3) is 7.07. The Kier molecular flexibility index (Phi) is 8.39. The van der Waals surface area contributed by atoms with E-state index in [1.165, 1.54) is 5.57 Å². The van der Waals surface area contributed by atoms with Crippen LogP contribution in [0.15, 0.2) is 60.3 Å². The van der Waals surface area contributed by atoms with Crippen LogP contribution in [0.3, 0.4) is 0 Å². The molecule has 0 amide bonds. The number of allylic oxidation sites excluding steroid dienone is 4. The second kappa shape index (κ2) is 11.9. The molecule has 0 aliphatic heterocycles. The first kappa shape index (κ1) is 24.8. The second-order valence-electron chi connectivity index (χ2n) is 9.31. The van der Waals surface area contributed by atoms with E-state index >= 15 is 0 Å². The number of aryl methyl sites for hydroxylation is 1. The Morgan fingerprint density at radius 1 is 1.17 bits per heavy atom. The number of nitrogens with zero attached hydrogens (tertiary/aromatic N) is 2. The number of aromatic amines is 1. The van der Waals surface area contributed by atoms with Crippen molar-refractivity contribution in [1.29, 1.82) is 0 Å². The summed E-state index contributed by atoms with van der Waals surface area (Å²) < 4.78 is 0. The van der Waals surface area contributed by atoms with E-state index in [0.29, 0.717) is 23.3 Å². The normalized spacial score (nSPS) is 18.7. The number of rotatable bonds is 9. The largest absolute Gasteiger partial charge is 0.481 e. The maximum atomic E-state index is 10.9. The Morgan fingerprint density at radius 2 is 1.94 bits per heavy atom. The number of aliphatic carboxylic acids is 1. The molecule has 0 atom stereocenters. The highest BCUT2D eigenvalue weighted by Crippen LogP contribution is 2.34. The van der Waals surface area contributed by atoms with E-state index in [0.717, 1.165) is 73.1 Å². The van der Waals surface area contributed by atoms with Gasteiger partial charge in [0.05, 0.1) is 11.0 Å². The third-order valence-electron chi connectivity index (χ3n) is 6.67. The van der Waals surface area contributed by atoms with E-state index in [9.17, 15) is 4.79 Å². The molecule has 1 aliphatic rings. The van der Waals surface area contributed by atoms with Gasteiger partial charge in [0.2, 0.25) is 0 Å². The van der Waals surface area contributed by atoms with E-state index in [1.54, 1.807) is 0 Å². The fraction of sp³-hybridized carbons (Fsp3) is 0.345. The summed E-state index contributed by atoms with van der Waals surface area (Å²) in [5.74, 6) is 3.62. The van der Waals surface area contributed by atoms with Crippen molar-refractivity contribution in [3.63, 3.8) is 0 Å². The van der Waals surface area contributed by atoms with Gasteiger partial charge in [-0.1, -0.05) is 35.7 Å². The zero-order chi connectivity index (χ0) is 24.6. The first-order valence-corrected chi connectivity index (χ1v) is 12.5. The lowest BCUT2D eigenvalue weighted by atomic mass is 9.78. The molecule has 1 saturated carbocycles. The van der Waals surface area contributed by atoms with Gasteiger partial charge in [-0.25, -0.2) is 4.98 Å². The topological polar surface area (TPSA) is 78.9 Å². The lowest BCUT2D eigenvalue weighted by molar-refractivity contribution is -0.138. The van der Waals surface area contributed by atoms with E-state index in [4.69, 9.17) is 23.1 Å². The maximum absolute atomic E-state index is 10.9. The summed E-state index contributed by atoms with van der Waals surface area (Å²) in [5, 5.41) is 9.67. The molecule has 0 saturated heterocycles. The molecule has 4 rings (SSSR count). The molecule has 3 aromatic rings. The highest BCUT2D eigenvalue weighted by atomic mass is 35.5. The molecule has 0 bridgehead atoms. The molecule has 1 aromatic carbocycles. The SMILES string of the molecule is C#C/C=C(\C=C/CCc1ccc(-c2nc3ccc(Cl)cc3[nH]2)nc1)CC1CCC(CC(=O)O)CC1. The van der Waals surface area contributed by atoms with Crippen LogP contribution < -0.4 is 0 Å². The molecule has 2 heterocycles. The first-order valence-electron chi connectivity index (χ1n) is 12.1. The molecule has 5 nitrogen and oxygen atoms in total. The average Bonchev–Trinajstić information content (AvgIpc) is 3.26. The van der Waals surface area contributed by atoms with Gasteiger partial charge < -0.3 is 10.1 Å². The molecule has 6 heteroatoms. The van der Waals surface area contributed by atoms with Gasteiger partial charge in [0, 0.05) is 17.6 Å². The first-order chi connectivity index (χ1) is 17.0. The summed E-state index contributed by atoms with van der Waals surface area (Å²) in [7, 11) is 0. The van der Waals surface area contributed by atoms with Crippen molar-refractivity contribution in [3.05, 3.63) is 70.9 Å². The van der Waals surface area contributed by atoms with Crippen molar-refractivity contribution in [2.45, 2.75) is 51.4 Å². The van der Waals surface area contributed by atoms with Gasteiger partial charge in [-0.15, -0.1) is 6.42 Å². The van der Waals surface area contributed by atoms with Crippen LogP contribution in [0.1, 0.15) is 50.5 Å². The Hall–Kier alpha value is -3.36. The molecular weight excluding hydrogens is 458 g/mol. The van der Waals surface area contributed by atoms with Gasteiger partial charge in [0.25, 0.3) is 0 Å². The van der Waals surface area contributed by atoms with Crippen molar-refractivity contribution >= 4 is 28.6 Å². The predicted octanol–water partition coefficient (Wildman–Crippen LogP) is 7.00. The molecule has 1 fully saturated rings. The zero-order valence-corrected chi connectivity index (χ0v) is 20.5. The quantitative estimate of drug-likeness (QED) is 0.251. The number of imidazole rings is 1. The monoisotopic (exact) mass is 487 g/mol. The van der Waals surface area contributed by atoms with Crippen molar-refractivity contribution in [3.8, 4) is 23.9 Å². The Morgan fingerprint density at radius 3 is 2.63 bits per heavy atom. The number of fused-ring (bicyclic) bond motifs is 1. The van der Waals surface area contributed by atoms with Crippen LogP contribution in [0.4, 0.5) is 0 Å². The predicted molar refractivity (Wildman–Crippen MR) is 141 cm³/mol. The number of carbonyl (C=O) groups is 1. The number of H-pyrrole nitrogens is 1. The summed E-state index contributed by atoms with van der Waals surface area (Å²) >= 11 is 6.06. The third-order valence-corrected chi connectivity index (χ3v) is 6.90. The maximum Gasteiger partial charge on any atom is 0.303 e. The molecule has 180 valence electrons. The highest BCUT2D eigenvalue weighted by Gasteiger charge is 2.23. The second-order valence-corrected chi connectivity index (χ2v) is 9.75. The van der Waals surface area contributed by atoms with Crippen molar-refractivity contribution in [1.82, 2.24) is 15.0 Å². The van der Waals surface area contributed by atoms with Crippen LogP contribution in [0, 0.1) is 24.2 Å². The number of carboxylic acids is 1. The lowest BCUT2D eigenvalue weighted by Gasteiger charge is -2.27. The van der Waals surface area contributed by atoms with Crippen LogP contribution in [0.5, 0.6) is 0 Å². The van der Waals surface area contributed by atoms with Crippen LogP contribution in [-0.2, 0) is 11.2 Å². The molecule has 2 aromatic heterocycles. The standard InChI is InChI=1S/C29H30ClN3O2/c1-2-5-20(16-21-8-10-22(11-9-21)17-28(34)35)6-3-4-7-23-12-14-26(31-19-23)29-32-25-15-13-24(30)18-27(25)33-29/h1,3,5-6,12-15,18-19,21-22H,4,7-11,16-17H2,(H,32,33)(H,34,35)/b6-3-,20-5+. The smallest absolute Gasteiger partial charge is 0.303 e. The summed E-state index contributed by atoms with van der Waals surface area (Å²) in [4.78, 5) is 23.4. The molecule has 0 unspecified atom stereocenters. The number of hydrogen-bond acceptors (Lipinski definition) is 3. The van der Waals surface area contributed by atoms with Gasteiger partial charge in [-0.3, -0.25) is 9.78 Å². The number of terminal acetylenes is 1. The van der Waals surface area contributed by atoms with Crippen LogP contribution >= 0.6 is 11.6 Å². The number of aromatic nitrogens is 3. The minimum absolute atomic E-state index is 0.294. The van der Waals surface area contributed by atoms with Crippen LogP contribution in [0.25, 0.3) is 22.6 Å². The molecule has 35 heavy (non-hydrogen) atoms. The Bertz CT molecular complexity index is 1260.